The summed E-state index contributed by atoms with van der Waals surface area (Å²) in [4.78, 5) is 2.77. The van der Waals surface area contributed by atoms with Crippen LogP contribution in [0.15, 0.2) is 18.2 Å². The average Bonchev–Trinajstić information content (AvgIpc) is 3.23. The van der Waals surface area contributed by atoms with E-state index < -0.39 is 0 Å². The zero-order chi connectivity index (χ0) is 20.9. The van der Waals surface area contributed by atoms with Gasteiger partial charge in [0.15, 0.2) is 11.5 Å². The molecule has 2 N–H and O–H groups in total. The van der Waals surface area contributed by atoms with Crippen molar-refractivity contribution in [3.8, 4) is 11.5 Å². The Hall–Kier alpha value is -1.26. The highest BCUT2D eigenvalue weighted by Crippen LogP contribution is 2.37. The smallest absolute Gasteiger partial charge is 0.231 e. The van der Waals surface area contributed by atoms with Crippen molar-refractivity contribution in [2.45, 2.75) is 96.7 Å². The van der Waals surface area contributed by atoms with Crippen LogP contribution in [0.25, 0.3) is 0 Å². The van der Waals surface area contributed by atoms with E-state index in [1.54, 1.807) is 0 Å². The van der Waals surface area contributed by atoms with Gasteiger partial charge >= 0.3 is 0 Å². The van der Waals surface area contributed by atoms with Crippen LogP contribution in [0.3, 0.4) is 0 Å². The van der Waals surface area contributed by atoms with Gasteiger partial charge in [-0.25, -0.2) is 0 Å². The third-order valence-electron chi connectivity index (χ3n) is 7.96. The molecule has 4 rings (SSSR count). The molecule has 2 aliphatic carbocycles. The van der Waals surface area contributed by atoms with Crippen LogP contribution in [0, 0.1) is 17.8 Å². The van der Waals surface area contributed by atoms with Crippen LogP contribution < -0.4 is 15.2 Å². The lowest BCUT2D eigenvalue weighted by molar-refractivity contribution is 0.103. The van der Waals surface area contributed by atoms with Crippen molar-refractivity contribution in [2.24, 2.45) is 23.5 Å². The SMILES string of the molecule is CCC(C)CN(Cc1ccc2c(c1)OCO2)C1CCC(CC2CCC(N)CC2)CC1. The van der Waals surface area contributed by atoms with Crippen LogP contribution in [0.1, 0.15) is 83.6 Å². The molecule has 0 amide bonds. The number of rotatable bonds is 8. The summed E-state index contributed by atoms with van der Waals surface area (Å²) in [6.45, 7) is 7.28. The van der Waals surface area contributed by atoms with Crippen LogP contribution >= 0.6 is 0 Å². The molecule has 3 aliphatic rings. The molecule has 0 radical (unpaired) electrons. The molecule has 30 heavy (non-hydrogen) atoms. The standard InChI is InChI=1S/C26H42N2O2/c1-3-19(2)16-28(17-22-8-13-25-26(15-22)30-18-29-25)24-11-6-21(7-12-24)14-20-4-9-23(27)10-5-20/h8,13,15,19-21,23-24H,3-7,9-12,14,16-18,27H2,1-2H3. The molecule has 2 fully saturated rings. The van der Waals surface area contributed by atoms with Gasteiger partial charge in [0.25, 0.3) is 0 Å². The van der Waals surface area contributed by atoms with Gasteiger partial charge in [-0.3, -0.25) is 4.90 Å². The minimum absolute atomic E-state index is 0.353. The molecule has 1 aromatic carbocycles. The molecule has 0 bridgehead atoms. The van der Waals surface area contributed by atoms with Crippen molar-refractivity contribution in [3.63, 3.8) is 0 Å². The molecule has 168 valence electrons. The van der Waals surface area contributed by atoms with Gasteiger partial charge in [-0.05, 0) is 93.2 Å². The van der Waals surface area contributed by atoms with E-state index in [2.05, 4.69) is 36.9 Å². The first-order valence-corrected chi connectivity index (χ1v) is 12.5. The molecule has 1 aromatic rings. The number of benzene rings is 1. The van der Waals surface area contributed by atoms with Crippen molar-refractivity contribution >= 4 is 0 Å². The molecule has 0 saturated heterocycles. The summed E-state index contributed by atoms with van der Waals surface area (Å²) in [5, 5.41) is 0. The van der Waals surface area contributed by atoms with Gasteiger partial charge in [0, 0.05) is 25.2 Å². The summed E-state index contributed by atoms with van der Waals surface area (Å²) in [5.74, 6) is 4.42. The van der Waals surface area contributed by atoms with E-state index in [9.17, 15) is 0 Å². The van der Waals surface area contributed by atoms with Crippen molar-refractivity contribution in [3.05, 3.63) is 23.8 Å². The molecule has 1 aliphatic heterocycles. The quantitative estimate of drug-likeness (QED) is 0.590. The molecular formula is C26H42N2O2. The van der Waals surface area contributed by atoms with Gasteiger partial charge in [-0.1, -0.05) is 26.3 Å². The number of fused-ring (bicyclic) bond motifs is 1. The summed E-state index contributed by atoms with van der Waals surface area (Å²) in [6.07, 6.45) is 13.5. The van der Waals surface area contributed by atoms with Crippen LogP contribution in [0.2, 0.25) is 0 Å². The lowest BCUT2D eigenvalue weighted by Gasteiger charge is -2.39. The second kappa shape index (κ2) is 10.4. The van der Waals surface area contributed by atoms with Crippen LogP contribution in [0.4, 0.5) is 0 Å². The summed E-state index contributed by atoms with van der Waals surface area (Å²) in [6, 6.07) is 7.68. The topological polar surface area (TPSA) is 47.7 Å². The summed E-state index contributed by atoms with van der Waals surface area (Å²) >= 11 is 0. The predicted molar refractivity (Wildman–Crippen MR) is 123 cm³/mol. The first kappa shape index (κ1) is 22.0. The van der Waals surface area contributed by atoms with Crippen LogP contribution in [-0.2, 0) is 6.54 Å². The Morgan fingerprint density at radius 1 is 0.967 bits per heavy atom. The Balaban J connectivity index is 1.32. The maximum absolute atomic E-state index is 6.11. The Morgan fingerprint density at radius 2 is 1.63 bits per heavy atom. The van der Waals surface area contributed by atoms with Gasteiger partial charge in [-0.15, -0.1) is 0 Å². The Morgan fingerprint density at radius 3 is 2.33 bits per heavy atom. The number of ether oxygens (including phenoxy) is 2. The molecule has 4 heteroatoms. The minimum Gasteiger partial charge on any atom is -0.454 e. The van der Waals surface area contributed by atoms with Gasteiger partial charge < -0.3 is 15.2 Å². The lowest BCUT2D eigenvalue weighted by Crippen LogP contribution is -2.40. The second-order valence-corrected chi connectivity index (χ2v) is 10.3. The highest BCUT2D eigenvalue weighted by Gasteiger charge is 2.29. The van der Waals surface area contributed by atoms with Crippen molar-refractivity contribution < 1.29 is 9.47 Å². The highest BCUT2D eigenvalue weighted by atomic mass is 16.7. The van der Waals surface area contributed by atoms with E-state index >= 15 is 0 Å². The van der Waals surface area contributed by atoms with Gasteiger partial charge in [0.05, 0.1) is 0 Å². The fourth-order valence-corrected chi connectivity index (χ4v) is 5.79. The molecular weight excluding hydrogens is 372 g/mol. The van der Waals surface area contributed by atoms with E-state index in [1.165, 1.54) is 76.3 Å². The lowest BCUT2D eigenvalue weighted by atomic mass is 9.75. The van der Waals surface area contributed by atoms with Gasteiger partial charge in [0.2, 0.25) is 6.79 Å². The summed E-state index contributed by atoms with van der Waals surface area (Å²) < 4.78 is 11.1. The van der Waals surface area contributed by atoms with Crippen LogP contribution in [0.5, 0.6) is 11.5 Å². The zero-order valence-electron chi connectivity index (χ0n) is 19.2. The predicted octanol–water partition coefficient (Wildman–Crippen LogP) is 5.73. The summed E-state index contributed by atoms with van der Waals surface area (Å²) in [5.41, 5.74) is 7.46. The van der Waals surface area contributed by atoms with Gasteiger partial charge in [0.1, 0.15) is 0 Å². The fourth-order valence-electron chi connectivity index (χ4n) is 5.79. The van der Waals surface area contributed by atoms with E-state index in [1.807, 2.05) is 0 Å². The largest absolute Gasteiger partial charge is 0.454 e. The molecule has 2 saturated carbocycles. The van der Waals surface area contributed by atoms with E-state index in [0.29, 0.717) is 12.8 Å². The zero-order valence-corrected chi connectivity index (χ0v) is 19.2. The van der Waals surface area contributed by atoms with Crippen LogP contribution in [-0.4, -0.2) is 30.3 Å². The van der Waals surface area contributed by atoms with E-state index in [0.717, 1.165) is 41.8 Å². The number of hydrogen-bond acceptors (Lipinski definition) is 4. The second-order valence-electron chi connectivity index (χ2n) is 10.3. The highest BCUT2D eigenvalue weighted by molar-refractivity contribution is 5.44. The Bertz CT molecular complexity index is 663. The minimum atomic E-state index is 0.353. The van der Waals surface area contributed by atoms with Crippen molar-refractivity contribution in [1.82, 2.24) is 4.90 Å². The molecule has 1 heterocycles. The Kier molecular flexibility index (Phi) is 7.59. The summed E-state index contributed by atoms with van der Waals surface area (Å²) in [7, 11) is 0. The molecule has 1 atom stereocenters. The molecule has 0 aromatic heterocycles. The molecule has 0 spiro atoms. The molecule has 1 unspecified atom stereocenters. The van der Waals surface area contributed by atoms with E-state index in [4.69, 9.17) is 15.2 Å². The normalized spacial score (nSPS) is 29.9. The average molecular weight is 415 g/mol. The van der Waals surface area contributed by atoms with E-state index in [-0.39, 0.29) is 0 Å². The van der Waals surface area contributed by atoms with Crippen molar-refractivity contribution in [2.75, 3.05) is 13.3 Å². The number of nitrogens with zero attached hydrogens (tertiary/aromatic N) is 1. The molecule has 4 nitrogen and oxygen atoms in total. The van der Waals surface area contributed by atoms with Crippen molar-refractivity contribution in [1.29, 1.82) is 0 Å². The first-order chi connectivity index (χ1) is 14.6. The fraction of sp³-hybridized carbons (Fsp3) is 0.769. The monoisotopic (exact) mass is 414 g/mol. The maximum Gasteiger partial charge on any atom is 0.231 e. The van der Waals surface area contributed by atoms with Gasteiger partial charge in [-0.2, -0.15) is 0 Å². The third kappa shape index (κ3) is 5.70. The third-order valence-corrected chi connectivity index (χ3v) is 7.96. The number of nitrogens with two attached hydrogens (primary N) is 1. The first-order valence-electron chi connectivity index (χ1n) is 12.5. The number of hydrogen-bond donors (Lipinski definition) is 1. The maximum atomic E-state index is 6.11. The Labute approximate surface area is 183 Å².